The number of aromatic amines is 1. The van der Waals surface area contributed by atoms with E-state index >= 15 is 0 Å². The largest absolute Gasteiger partial charge is 0.496 e. The fourth-order valence-electron chi connectivity index (χ4n) is 1.77. The molecule has 3 N–H and O–H groups in total. The molecule has 1 aromatic carbocycles. The number of nitrogens with two attached hydrogens (primary N) is 1. The Morgan fingerprint density at radius 1 is 1.40 bits per heavy atom. The van der Waals surface area contributed by atoms with Gasteiger partial charge in [-0.1, -0.05) is 18.2 Å². The van der Waals surface area contributed by atoms with Crippen LogP contribution in [0.2, 0.25) is 0 Å². The van der Waals surface area contributed by atoms with Crippen molar-refractivity contribution in [2.24, 2.45) is 0 Å². The molecule has 0 aliphatic heterocycles. The van der Waals surface area contributed by atoms with Crippen LogP contribution in [-0.2, 0) is 0 Å². The summed E-state index contributed by atoms with van der Waals surface area (Å²) in [6.45, 7) is 0. The first kappa shape index (κ1) is 13.2. The molecule has 6 heteroatoms. The van der Waals surface area contributed by atoms with Crippen molar-refractivity contribution in [1.82, 2.24) is 10.2 Å². The molecule has 0 saturated heterocycles. The summed E-state index contributed by atoms with van der Waals surface area (Å²) >= 11 is 0. The number of nitrogens with one attached hydrogen (secondary N) is 1. The lowest BCUT2D eigenvalue weighted by Gasteiger charge is -2.04. The van der Waals surface area contributed by atoms with Crippen LogP contribution in [0.4, 0.5) is 5.82 Å². The number of H-pyrrole nitrogens is 1. The quantitative estimate of drug-likeness (QED) is 0.823. The summed E-state index contributed by atoms with van der Waals surface area (Å²) in [7, 11) is 1.55. The van der Waals surface area contributed by atoms with Gasteiger partial charge in [-0.25, -0.2) is 0 Å². The van der Waals surface area contributed by atoms with E-state index in [4.69, 9.17) is 15.7 Å². The summed E-state index contributed by atoms with van der Waals surface area (Å²) < 4.78 is 5.22. The number of nitrogens with zero attached hydrogens (tertiary/aromatic N) is 3. The Morgan fingerprint density at radius 2 is 2.15 bits per heavy atom. The summed E-state index contributed by atoms with van der Waals surface area (Å²) in [6, 6.07) is 11.2. The molecule has 0 spiro atoms. The average Bonchev–Trinajstić information content (AvgIpc) is 2.85. The van der Waals surface area contributed by atoms with Gasteiger partial charge in [0.25, 0.3) is 0 Å². The van der Waals surface area contributed by atoms with Crippen LogP contribution in [0.1, 0.15) is 16.8 Å². The molecule has 20 heavy (non-hydrogen) atoms. The molecule has 6 nitrogen and oxygen atoms in total. The van der Waals surface area contributed by atoms with Gasteiger partial charge in [-0.3, -0.25) is 5.10 Å². The molecule has 2 rings (SSSR count). The number of allylic oxidation sites excluding steroid dienone is 1. The highest BCUT2D eigenvalue weighted by molar-refractivity contribution is 5.92. The van der Waals surface area contributed by atoms with E-state index in [1.807, 2.05) is 30.3 Å². The van der Waals surface area contributed by atoms with Gasteiger partial charge in [0.2, 0.25) is 0 Å². The van der Waals surface area contributed by atoms with E-state index in [1.54, 1.807) is 19.3 Å². The molecule has 2 aromatic rings. The van der Waals surface area contributed by atoms with Gasteiger partial charge in [-0.2, -0.15) is 15.6 Å². The molecule has 0 aliphatic rings. The maximum Gasteiger partial charge on any atom is 0.163 e. The van der Waals surface area contributed by atoms with Crippen molar-refractivity contribution in [3.8, 4) is 17.9 Å². The number of anilines is 1. The van der Waals surface area contributed by atoms with E-state index in [9.17, 15) is 5.26 Å². The Hall–Kier alpha value is -3.25. The molecule has 0 radical (unpaired) electrons. The number of rotatable bonds is 3. The number of nitrogen functional groups attached to an aromatic ring is 1. The smallest absolute Gasteiger partial charge is 0.163 e. The van der Waals surface area contributed by atoms with Gasteiger partial charge >= 0.3 is 0 Å². The second-order valence-corrected chi connectivity index (χ2v) is 3.88. The van der Waals surface area contributed by atoms with E-state index in [0.29, 0.717) is 11.4 Å². The minimum absolute atomic E-state index is 0.0728. The number of hydrogen-bond acceptors (Lipinski definition) is 5. The van der Waals surface area contributed by atoms with Crippen molar-refractivity contribution >= 4 is 17.5 Å². The third kappa shape index (κ3) is 2.31. The molecule has 0 saturated carbocycles. The first-order chi connectivity index (χ1) is 9.71. The molecule has 0 fully saturated rings. The van der Waals surface area contributed by atoms with Crippen molar-refractivity contribution < 1.29 is 4.74 Å². The van der Waals surface area contributed by atoms with E-state index < -0.39 is 0 Å². The molecule has 1 heterocycles. The van der Waals surface area contributed by atoms with E-state index in [2.05, 4.69) is 10.2 Å². The normalized spacial score (nSPS) is 10.7. The van der Waals surface area contributed by atoms with Crippen molar-refractivity contribution in [3.63, 3.8) is 0 Å². The lowest BCUT2D eigenvalue weighted by molar-refractivity contribution is 0.414. The van der Waals surface area contributed by atoms with Crippen molar-refractivity contribution in [1.29, 1.82) is 10.5 Å². The van der Waals surface area contributed by atoms with E-state index in [0.717, 1.165) is 5.56 Å². The van der Waals surface area contributed by atoms with Crippen LogP contribution >= 0.6 is 0 Å². The predicted octanol–water partition coefficient (Wildman–Crippen LogP) is 1.94. The molecule has 0 unspecified atom stereocenters. The SMILES string of the molecule is COc1ccccc1/C=C(\C#N)c1[nH]nc(N)c1C#N. The zero-order valence-electron chi connectivity index (χ0n) is 10.7. The number of methoxy groups -OCH3 is 1. The second-order valence-electron chi connectivity index (χ2n) is 3.88. The maximum atomic E-state index is 9.28. The lowest BCUT2D eigenvalue weighted by atomic mass is 10.1. The Balaban J connectivity index is 2.56. The van der Waals surface area contributed by atoms with Gasteiger partial charge < -0.3 is 10.5 Å². The van der Waals surface area contributed by atoms with Crippen molar-refractivity contribution in [2.75, 3.05) is 12.8 Å². The number of ether oxygens (including phenoxy) is 1. The van der Waals surface area contributed by atoms with Gasteiger partial charge in [0.15, 0.2) is 5.82 Å². The summed E-state index contributed by atoms with van der Waals surface area (Å²) in [5.41, 5.74) is 7.02. The first-order valence-electron chi connectivity index (χ1n) is 5.70. The summed E-state index contributed by atoms with van der Waals surface area (Å²) in [5.74, 6) is 0.704. The summed E-state index contributed by atoms with van der Waals surface area (Å²) in [5, 5.41) is 24.7. The highest BCUT2D eigenvalue weighted by Crippen LogP contribution is 2.26. The standard InChI is InChI=1S/C14H11N5O/c1-20-12-5-3-2-4-9(12)6-10(7-15)13-11(8-16)14(17)19-18-13/h2-6H,1H3,(H3,17,18,19)/b10-6+. The molecule has 0 atom stereocenters. The highest BCUT2D eigenvalue weighted by Gasteiger charge is 2.14. The van der Waals surface area contributed by atoms with Gasteiger partial charge in [-0.05, 0) is 12.1 Å². The van der Waals surface area contributed by atoms with Gasteiger partial charge in [-0.15, -0.1) is 0 Å². The Morgan fingerprint density at radius 3 is 2.80 bits per heavy atom. The van der Waals surface area contributed by atoms with E-state index in [-0.39, 0.29) is 17.0 Å². The molecule has 0 bridgehead atoms. The second kappa shape index (κ2) is 5.59. The number of aromatic nitrogens is 2. The lowest BCUT2D eigenvalue weighted by Crippen LogP contribution is -1.91. The molecular formula is C14H11N5O. The average molecular weight is 265 g/mol. The number of benzene rings is 1. The molecule has 98 valence electrons. The fraction of sp³-hybridized carbons (Fsp3) is 0.0714. The van der Waals surface area contributed by atoms with E-state index in [1.165, 1.54) is 0 Å². The van der Waals surface area contributed by atoms with Crippen LogP contribution in [0.15, 0.2) is 24.3 Å². The molecule has 1 aromatic heterocycles. The topological polar surface area (TPSA) is 112 Å². The molecular weight excluding hydrogens is 254 g/mol. The van der Waals surface area contributed by atoms with Crippen LogP contribution in [0, 0.1) is 22.7 Å². The minimum Gasteiger partial charge on any atom is -0.496 e. The van der Waals surface area contributed by atoms with Crippen LogP contribution in [-0.4, -0.2) is 17.3 Å². The third-order valence-electron chi connectivity index (χ3n) is 2.73. The van der Waals surface area contributed by atoms with Crippen molar-refractivity contribution in [2.45, 2.75) is 0 Å². The zero-order chi connectivity index (χ0) is 14.5. The highest BCUT2D eigenvalue weighted by atomic mass is 16.5. The van der Waals surface area contributed by atoms with Gasteiger partial charge in [0, 0.05) is 5.56 Å². The number of hydrogen-bond donors (Lipinski definition) is 2. The number of nitriles is 2. The van der Waals surface area contributed by atoms with Crippen LogP contribution in [0.5, 0.6) is 5.75 Å². The zero-order valence-corrected chi connectivity index (χ0v) is 10.7. The Kier molecular flexibility index (Phi) is 3.69. The molecule has 0 aliphatic carbocycles. The van der Waals surface area contributed by atoms with Gasteiger partial charge in [0.1, 0.15) is 23.5 Å². The summed E-state index contributed by atoms with van der Waals surface area (Å²) in [6.07, 6.45) is 1.62. The minimum atomic E-state index is 0.0728. The third-order valence-corrected chi connectivity index (χ3v) is 2.73. The van der Waals surface area contributed by atoms with Crippen LogP contribution in [0.25, 0.3) is 11.6 Å². The number of para-hydroxylation sites is 1. The Labute approximate surface area is 115 Å². The fourth-order valence-corrected chi connectivity index (χ4v) is 1.77. The predicted molar refractivity (Wildman–Crippen MR) is 74.2 cm³/mol. The summed E-state index contributed by atoms with van der Waals surface area (Å²) in [4.78, 5) is 0. The van der Waals surface area contributed by atoms with Gasteiger partial charge in [0.05, 0.1) is 18.4 Å². The molecule has 0 amide bonds. The Bertz CT molecular complexity index is 746. The van der Waals surface area contributed by atoms with Crippen molar-refractivity contribution in [3.05, 3.63) is 41.1 Å². The van der Waals surface area contributed by atoms with Crippen LogP contribution < -0.4 is 10.5 Å². The first-order valence-corrected chi connectivity index (χ1v) is 5.70. The maximum absolute atomic E-state index is 9.28. The van der Waals surface area contributed by atoms with Crippen LogP contribution in [0.3, 0.4) is 0 Å². The monoisotopic (exact) mass is 265 g/mol.